The molecule has 0 aliphatic heterocycles. The second-order valence-corrected chi connectivity index (χ2v) is 5.22. The zero-order valence-electron chi connectivity index (χ0n) is 13.4. The molecule has 0 spiro atoms. The lowest BCUT2D eigenvalue weighted by atomic mass is 10.0. The van der Waals surface area contributed by atoms with Crippen LogP contribution < -0.4 is 14.8 Å². The number of nitrogens with one attached hydrogen (secondary N) is 1. The van der Waals surface area contributed by atoms with Crippen LogP contribution in [0.3, 0.4) is 0 Å². The quantitative estimate of drug-likeness (QED) is 0.765. The van der Waals surface area contributed by atoms with Gasteiger partial charge in [-0.05, 0) is 30.5 Å². The molecule has 1 aromatic rings. The van der Waals surface area contributed by atoms with Crippen LogP contribution in [-0.4, -0.2) is 36.7 Å². The van der Waals surface area contributed by atoms with Crippen LogP contribution in [0.1, 0.15) is 26.3 Å². The lowest BCUT2D eigenvalue weighted by Gasteiger charge is -2.18. The first kappa shape index (κ1) is 17.8. The maximum Gasteiger partial charge on any atom is 0.326 e. The van der Waals surface area contributed by atoms with Crippen LogP contribution in [0.2, 0.25) is 0 Å². The summed E-state index contributed by atoms with van der Waals surface area (Å²) in [4.78, 5) is 23.1. The Balaban J connectivity index is 2.77. The number of ether oxygens (including phenoxy) is 2. The summed E-state index contributed by atoms with van der Waals surface area (Å²) in [5, 5.41) is 11.6. The monoisotopic (exact) mass is 309 g/mol. The molecule has 1 aromatic carbocycles. The van der Waals surface area contributed by atoms with Crippen molar-refractivity contribution in [2.24, 2.45) is 5.92 Å². The zero-order valence-corrected chi connectivity index (χ0v) is 13.4. The molecule has 0 aromatic heterocycles. The maximum atomic E-state index is 12.0. The number of rotatable bonds is 8. The molecule has 0 fully saturated rings. The molecular formula is C16H23NO5. The fourth-order valence-corrected chi connectivity index (χ4v) is 2.02. The fourth-order valence-electron chi connectivity index (χ4n) is 2.02. The number of carboxylic acids is 1. The minimum Gasteiger partial charge on any atom is -0.493 e. The van der Waals surface area contributed by atoms with E-state index in [-0.39, 0.29) is 18.2 Å². The summed E-state index contributed by atoms with van der Waals surface area (Å²) in [6, 6.07) is 4.33. The Hall–Kier alpha value is -2.24. The van der Waals surface area contributed by atoms with Crippen molar-refractivity contribution >= 4 is 11.9 Å². The summed E-state index contributed by atoms with van der Waals surface area (Å²) in [5.41, 5.74) is 0.727. The van der Waals surface area contributed by atoms with E-state index >= 15 is 0 Å². The van der Waals surface area contributed by atoms with Crippen molar-refractivity contribution in [2.75, 3.05) is 13.7 Å². The van der Waals surface area contributed by atoms with Crippen LogP contribution in [0, 0.1) is 5.92 Å². The summed E-state index contributed by atoms with van der Waals surface area (Å²) in [5.74, 6) is -0.401. The molecule has 0 aliphatic rings. The van der Waals surface area contributed by atoms with E-state index in [1.54, 1.807) is 32.0 Å². The summed E-state index contributed by atoms with van der Waals surface area (Å²) < 4.78 is 10.6. The van der Waals surface area contributed by atoms with Gasteiger partial charge in [0.2, 0.25) is 5.91 Å². The highest BCUT2D eigenvalue weighted by molar-refractivity contribution is 5.85. The van der Waals surface area contributed by atoms with E-state index in [2.05, 4.69) is 5.32 Å². The Morgan fingerprint density at radius 2 is 1.95 bits per heavy atom. The highest BCUT2D eigenvalue weighted by Crippen LogP contribution is 2.28. The lowest BCUT2D eigenvalue weighted by molar-refractivity contribution is -0.143. The highest BCUT2D eigenvalue weighted by atomic mass is 16.5. The van der Waals surface area contributed by atoms with Gasteiger partial charge >= 0.3 is 5.97 Å². The van der Waals surface area contributed by atoms with Crippen molar-refractivity contribution in [2.45, 2.75) is 33.2 Å². The van der Waals surface area contributed by atoms with E-state index in [9.17, 15) is 9.59 Å². The average molecular weight is 309 g/mol. The van der Waals surface area contributed by atoms with Gasteiger partial charge in [0.25, 0.3) is 0 Å². The highest BCUT2D eigenvalue weighted by Gasteiger charge is 2.23. The second-order valence-electron chi connectivity index (χ2n) is 5.22. The fraction of sp³-hybridized carbons (Fsp3) is 0.500. The molecule has 0 saturated carbocycles. The number of hydrogen-bond donors (Lipinski definition) is 2. The van der Waals surface area contributed by atoms with Crippen LogP contribution in [0.15, 0.2) is 18.2 Å². The molecule has 1 amide bonds. The zero-order chi connectivity index (χ0) is 16.7. The lowest BCUT2D eigenvalue weighted by Crippen LogP contribution is -2.44. The number of hydrogen-bond acceptors (Lipinski definition) is 4. The first-order chi connectivity index (χ1) is 10.4. The number of aliphatic carboxylic acids is 1. The summed E-state index contributed by atoms with van der Waals surface area (Å²) in [6.45, 7) is 5.89. The molecule has 1 atom stereocenters. The van der Waals surface area contributed by atoms with Crippen molar-refractivity contribution in [3.63, 3.8) is 0 Å². The topological polar surface area (TPSA) is 84.9 Å². The molecule has 1 rings (SSSR count). The number of carbonyl (C=O) groups is 2. The Kier molecular flexibility index (Phi) is 6.69. The largest absolute Gasteiger partial charge is 0.493 e. The smallest absolute Gasteiger partial charge is 0.326 e. The van der Waals surface area contributed by atoms with Crippen LogP contribution in [-0.2, 0) is 16.0 Å². The number of amides is 1. The summed E-state index contributed by atoms with van der Waals surface area (Å²) in [7, 11) is 1.53. The standard InChI is InChI=1S/C16H23NO5/c1-5-22-12-7-6-11(8-13(12)21-4)9-14(18)17-15(10(2)3)16(19)20/h6-8,10,15H,5,9H2,1-4H3,(H,17,18)(H,19,20). The van der Waals surface area contributed by atoms with Gasteiger partial charge in [0.05, 0.1) is 20.1 Å². The maximum absolute atomic E-state index is 12.0. The molecule has 0 radical (unpaired) electrons. The van der Waals surface area contributed by atoms with Crippen molar-refractivity contribution in [1.29, 1.82) is 0 Å². The Morgan fingerprint density at radius 3 is 2.45 bits per heavy atom. The van der Waals surface area contributed by atoms with Crippen molar-refractivity contribution in [3.8, 4) is 11.5 Å². The third kappa shape index (κ3) is 4.95. The third-order valence-corrected chi connectivity index (χ3v) is 3.14. The van der Waals surface area contributed by atoms with Gasteiger partial charge in [-0.1, -0.05) is 19.9 Å². The normalized spacial score (nSPS) is 11.9. The molecule has 22 heavy (non-hydrogen) atoms. The number of carbonyl (C=O) groups excluding carboxylic acids is 1. The second kappa shape index (κ2) is 8.26. The van der Waals surface area contributed by atoms with Crippen LogP contribution in [0.25, 0.3) is 0 Å². The molecule has 1 unspecified atom stereocenters. The summed E-state index contributed by atoms with van der Waals surface area (Å²) >= 11 is 0. The van der Waals surface area contributed by atoms with E-state index in [4.69, 9.17) is 14.6 Å². The molecule has 6 heteroatoms. The summed E-state index contributed by atoms with van der Waals surface area (Å²) in [6.07, 6.45) is 0.0826. The minimum atomic E-state index is -1.03. The molecule has 0 aliphatic carbocycles. The molecule has 0 saturated heterocycles. The Labute approximate surface area is 130 Å². The van der Waals surface area contributed by atoms with Gasteiger partial charge in [-0.2, -0.15) is 0 Å². The van der Waals surface area contributed by atoms with Crippen molar-refractivity contribution in [1.82, 2.24) is 5.32 Å². The van der Waals surface area contributed by atoms with Crippen LogP contribution in [0.5, 0.6) is 11.5 Å². The molecule has 2 N–H and O–H groups in total. The molecule has 0 bridgehead atoms. The SMILES string of the molecule is CCOc1ccc(CC(=O)NC(C(=O)O)C(C)C)cc1OC. The Bertz CT molecular complexity index is 527. The first-order valence-corrected chi connectivity index (χ1v) is 7.20. The number of methoxy groups -OCH3 is 1. The number of benzene rings is 1. The van der Waals surface area contributed by atoms with E-state index < -0.39 is 12.0 Å². The van der Waals surface area contributed by atoms with E-state index in [1.165, 1.54) is 7.11 Å². The van der Waals surface area contributed by atoms with Crippen LogP contribution in [0.4, 0.5) is 0 Å². The van der Waals surface area contributed by atoms with Gasteiger partial charge in [-0.15, -0.1) is 0 Å². The predicted molar refractivity (Wildman–Crippen MR) is 82.3 cm³/mol. The number of carboxylic acid groups (broad SMARTS) is 1. The van der Waals surface area contributed by atoms with Crippen LogP contribution >= 0.6 is 0 Å². The van der Waals surface area contributed by atoms with Crippen molar-refractivity contribution in [3.05, 3.63) is 23.8 Å². The van der Waals surface area contributed by atoms with Gasteiger partial charge in [0.1, 0.15) is 6.04 Å². The van der Waals surface area contributed by atoms with Gasteiger partial charge in [0.15, 0.2) is 11.5 Å². The Morgan fingerprint density at radius 1 is 1.27 bits per heavy atom. The molecular weight excluding hydrogens is 286 g/mol. The van der Waals surface area contributed by atoms with E-state index in [1.807, 2.05) is 6.92 Å². The molecule has 0 heterocycles. The van der Waals surface area contributed by atoms with Gasteiger partial charge in [-0.3, -0.25) is 4.79 Å². The van der Waals surface area contributed by atoms with Gasteiger partial charge < -0.3 is 19.9 Å². The third-order valence-electron chi connectivity index (χ3n) is 3.14. The van der Waals surface area contributed by atoms with Crippen molar-refractivity contribution < 1.29 is 24.2 Å². The average Bonchev–Trinajstić information content (AvgIpc) is 2.46. The first-order valence-electron chi connectivity index (χ1n) is 7.20. The van der Waals surface area contributed by atoms with Gasteiger partial charge in [-0.25, -0.2) is 4.79 Å². The molecule has 6 nitrogen and oxygen atoms in total. The van der Waals surface area contributed by atoms with Gasteiger partial charge in [0, 0.05) is 0 Å². The van der Waals surface area contributed by atoms with E-state index in [0.29, 0.717) is 18.1 Å². The predicted octanol–water partition coefficient (Wildman–Crippen LogP) is 1.86. The molecule has 122 valence electrons. The van der Waals surface area contributed by atoms with E-state index in [0.717, 1.165) is 5.56 Å². The minimum absolute atomic E-state index is 0.0826.